The summed E-state index contributed by atoms with van der Waals surface area (Å²) in [6.07, 6.45) is 2.18. The number of benzene rings is 1. The van der Waals surface area contributed by atoms with Gasteiger partial charge >= 0.3 is 5.97 Å². The molecule has 0 saturated heterocycles. The molecule has 0 unspecified atom stereocenters. The van der Waals surface area contributed by atoms with Crippen molar-refractivity contribution in [1.82, 2.24) is 15.1 Å². The average molecular weight is 317 g/mol. The number of nitrogens with one attached hydrogen (secondary N) is 1. The van der Waals surface area contributed by atoms with Crippen LogP contribution in [0.3, 0.4) is 0 Å². The van der Waals surface area contributed by atoms with Crippen molar-refractivity contribution in [3.8, 4) is 5.69 Å². The molecule has 0 radical (unpaired) electrons. The van der Waals surface area contributed by atoms with Crippen LogP contribution < -0.4 is 5.32 Å². The fraction of sp³-hybridized carbons (Fsp3) is 0.312. The molecule has 6 nitrogen and oxygen atoms in total. The van der Waals surface area contributed by atoms with E-state index < -0.39 is 17.7 Å². The van der Waals surface area contributed by atoms with Crippen molar-refractivity contribution in [2.45, 2.75) is 25.7 Å². The second kappa shape index (κ2) is 6.20. The lowest BCUT2D eigenvalue weighted by atomic mass is 10.2. The van der Waals surface area contributed by atoms with Gasteiger partial charge in [0.2, 0.25) is 0 Å². The van der Waals surface area contributed by atoms with Crippen LogP contribution in [0.2, 0.25) is 0 Å². The molecule has 0 bridgehead atoms. The van der Waals surface area contributed by atoms with Crippen molar-refractivity contribution in [3.63, 3.8) is 0 Å². The maximum Gasteiger partial charge on any atom is 0.305 e. The number of para-hydroxylation sites is 1. The predicted molar refractivity (Wildman–Crippen MR) is 80.1 cm³/mol. The molecule has 2 aromatic rings. The highest BCUT2D eigenvalue weighted by Crippen LogP contribution is 2.28. The number of amides is 1. The number of hydrogen-bond donors (Lipinski definition) is 2. The standard InChI is InChI=1S/C16H16FN3O3/c17-11-5-1-2-6-13(11)20-12-7-3-4-10(12)15(19-20)16(23)18-9-8-14(21)22/h1-2,5-6H,3-4,7-9H2,(H,18,23)(H,21,22). The Bertz CT molecular complexity index is 770. The Morgan fingerprint density at radius 2 is 2.09 bits per heavy atom. The van der Waals surface area contributed by atoms with E-state index in [0.717, 1.165) is 24.1 Å². The number of carbonyl (C=O) groups is 2. The molecule has 1 aliphatic carbocycles. The van der Waals surface area contributed by atoms with Gasteiger partial charge in [-0.25, -0.2) is 9.07 Å². The normalized spacial score (nSPS) is 12.9. The lowest BCUT2D eigenvalue weighted by molar-refractivity contribution is -0.136. The first kappa shape index (κ1) is 15.2. The summed E-state index contributed by atoms with van der Waals surface area (Å²) in [5.74, 6) is -1.80. The minimum absolute atomic E-state index is 0.0372. The maximum absolute atomic E-state index is 14.0. The number of halogens is 1. The number of hydrogen-bond acceptors (Lipinski definition) is 3. The van der Waals surface area contributed by atoms with Crippen molar-refractivity contribution in [3.05, 3.63) is 47.0 Å². The second-order valence-corrected chi connectivity index (χ2v) is 5.39. The average Bonchev–Trinajstić information content (AvgIpc) is 3.09. The Kier molecular flexibility index (Phi) is 4.10. The molecule has 1 amide bonds. The van der Waals surface area contributed by atoms with E-state index in [9.17, 15) is 14.0 Å². The molecule has 120 valence electrons. The summed E-state index contributed by atoms with van der Waals surface area (Å²) in [5, 5.41) is 15.5. The van der Waals surface area contributed by atoms with E-state index in [1.807, 2.05) is 0 Å². The third-order valence-corrected chi connectivity index (χ3v) is 3.85. The Morgan fingerprint density at radius 1 is 1.30 bits per heavy atom. The van der Waals surface area contributed by atoms with Gasteiger partial charge in [-0.15, -0.1) is 0 Å². The number of nitrogens with zero attached hydrogens (tertiary/aromatic N) is 2. The molecule has 0 atom stereocenters. The first-order chi connectivity index (χ1) is 11.1. The van der Waals surface area contributed by atoms with Crippen LogP contribution in [0.25, 0.3) is 5.69 Å². The third-order valence-electron chi connectivity index (χ3n) is 3.85. The van der Waals surface area contributed by atoms with Crippen LogP contribution >= 0.6 is 0 Å². The van der Waals surface area contributed by atoms with E-state index >= 15 is 0 Å². The molecule has 0 spiro atoms. The smallest absolute Gasteiger partial charge is 0.305 e. The molecule has 0 saturated carbocycles. The van der Waals surface area contributed by atoms with Crippen molar-refractivity contribution >= 4 is 11.9 Å². The van der Waals surface area contributed by atoms with E-state index in [0.29, 0.717) is 12.1 Å². The molecular formula is C16H16FN3O3. The zero-order valence-electron chi connectivity index (χ0n) is 12.4. The highest BCUT2D eigenvalue weighted by molar-refractivity contribution is 5.94. The van der Waals surface area contributed by atoms with Gasteiger partial charge in [0.05, 0.1) is 6.42 Å². The summed E-state index contributed by atoms with van der Waals surface area (Å²) >= 11 is 0. The van der Waals surface area contributed by atoms with E-state index in [1.165, 1.54) is 10.7 Å². The second-order valence-electron chi connectivity index (χ2n) is 5.39. The summed E-state index contributed by atoms with van der Waals surface area (Å²) in [4.78, 5) is 22.8. The van der Waals surface area contributed by atoms with Crippen molar-refractivity contribution in [2.24, 2.45) is 0 Å². The maximum atomic E-state index is 14.0. The molecule has 2 N–H and O–H groups in total. The number of aromatic nitrogens is 2. The van der Waals surface area contributed by atoms with Gasteiger partial charge in [-0.05, 0) is 31.4 Å². The number of carboxylic acid groups (broad SMARTS) is 1. The van der Waals surface area contributed by atoms with Crippen molar-refractivity contribution in [1.29, 1.82) is 0 Å². The SMILES string of the molecule is O=C(O)CCNC(=O)c1nn(-c2ccccc2F)c2c1CCC2. The quantitative estimate of drug-likeness (QED) is 0.879. The summed E-state index contributed by atoms with van der Waals surface area (Å²) in [6, 6.07) is 6.29. The molecular weight excluding hydrogens is 301 g/mol. The highest BCUT2D eigenvalue weighted by Gasteiger charge is 2.27. The Morgan fingerprint density at radius 3 is 2.83 bits per heavy atom. The number of fused-ring (bicyclic) bond motifs is 1. The number of aliphatic carboxylic acids is 1. The zero-order chi connectivity index (χ0) is 16.4. The Hall–Kier alpha value is -2.70. The lowest BCUT2D eigenvalue weighted by Gasteiger charge is -2.06. The van der Waals surface area contributed by atoms with Crippen LogP contribution in [-0.2, 0) is 17.6 Å². The summed E-state index contributed by atoms with van der Waals surface area (Å²) in [5.41, 5.74) is 2.24. The van der Waals surface area contributed by atoms with Gasteiger partial charge in [0.25, 0.3) is 5.91 Å². The fourth-order valence-corrected chi connectivity index (χ4v) is 2.81. The van der Waals surface area contributed by atoms with E-state index in [2.05, 4.69) is 10.4 Å². The monoisotopic (exact) mass is 317 g/mol. The van der Waals surface area contributed by atoms with Crippen LogP contribution in [0, 0.1) is 5.82 Å². The Balaban J connectivity index is 1.91. The van der Waals surface area contributed by atoms with Gasteiger partial charge in [0.1, 0.15) is 11.5 Å². The largest absolute Gasteiger partial charge is 0.481 e. The van der Waals surface area contributed by atoms with E-state index in [-0.39, 0.29) is 18.7 Å². The van der Waals surface area contributed by atoms with Gasteiger partial charge in [-0.2, -0.15) is 5.10 Å². The van der Waals surface area contributed by atoms with Gasteiger partial charge in [-0.1, -0.05) is 12.1 Å². The van der Waals surface area contributed by atoms with Gasteiger partial charge in [-0.3, -0.25) is 9.59 Å². The molecule has 1 heterocycles. The molecule has 0 fully saturated rings. The molecule has 1 aromatic heterocycles. The molecule has 1 aliphatic rings. The molecule has 1 aromatic carbocycles. The number of carboxylic acids is 1. The third kappa shape index (κ3) is 2.94. The fourth-order valence-electron chi connectivity index (χ4n) is 2.81. The van der Waals surface area contributed by atoms with Crippen molar-refractivity contribution in [2.75, 3.05) is 6.54 Å². The predicted octanol–water partition coefficient (Wildman–Crippen LogP) is 1.70. The van der Waals surface area contributed by atoms with Gasteiger partial charge in [0, 0.05) is 17.8 Å². The molecule has 3 rings (SSSR count). The number of carbonyl (C=O) groups excluding carboxylic acids is 1. The van der Waals surface area contributed by atoms with E-state index in [4.69, 9.17) is 5.11 Å². The summed E-state index contributed by atoms with van der Waals surface area (Å²) in [7, 11) is 0. The number of rotatable bonds is 5. The van der Waals surface area contributed by atoms with Crippen LogP contribution in [0.1, 0.15) is 34.6 Å². The zero-order valence-corrected chi connectivity index (χ0v) is 12.4. The van der Waals surface area contributed by atoms with Crippen LogP contribution in [-0.4, -0.2) is 33.3 Å². The summed E-state index contributed by atoms with van der Waals surface area (Å²) < 4.78 is 15.5. The van der Waals surface area contributed by atoms with Crippen molar-refractivity contribution < 1.29 is 19.1 Å². The summed E-state index contributed by atoms with van der Waals surface area (Å²) in [6.45, 7) is 0.0372. The highest BCUT2D eigenvalue weighted by atomic mass is 19.1. The molecule has 7 heteroatoms. The molecule has 0 aliphatic heterocycles. The first-order valence-corrected chi connectivity index (χ1v) is 7.43. The van der Waals surface area contributed by atoms with Crippen LogP contribution in [0.5, 0.6) is 0 Å². The minimum atomic E-state index is -0.979. The topological polar surface area (TPSA) is 84.2 Å². The van der Waals surface area contributed by atoms with Crippen LogP contribution in [0.4, 0.5) is 4.39 Å². The minimum Gasteiger partial charge on any atom is -0.481 e. The first-order valence-electron chi connectivity index (χ1n) is 7.43. The molecule has 23 heavy (non-hydrogen) atoms. The van der Waals surface area contributed by atoms with Gasteiger partial charge < -0.3 is 10.4 Å². The van der Waals surface area contributed by atoms with E-state index in [1.54, 1.807) is 18.2 Å². The van der Waals surface area contributed by atoms with Gasteiger partial charge in [0.15, 0.2) is 5.69 Å². The Labute approximate surface area is 131 Å². The van der Waals surface area contributed by atoms with Crippen LogP contribution in [0.15, 0.2) is 24.3 Å². The lowest BCUT2D eigenvalue weighted by Crippen LogP contribution is -2.27.